The van der Waals surface area contributed by atoms with Gasteiger partial charge in [0, 0.05) is 39.0 Å². The average Bonchev–Trinajstić information content (AvgIpc) is 2.72. The van der Waals surface area contributed by atoms with Crippen LogP contribution in [0.15, 0.2) is 24.4 Å². The van der Waals surface area contributed by atoms with Crippen LogP contribution in [0.5, 0.6) is 0 Å². The minimum atomic E-state index is 0.385. The average molecular weight is 289 g/mol. The number of thiocarbonyl (C=S) groups is 1. The number of rotatable bonds is 5. The zero-order valence-electron chi connectivity index (χ0n) is 12.0. The third-order valence-electron chi connectivity index (χ3n) is 3.23. The topological polar surface area (TPSA) is 60.0 Å². The molecule has 0 aliphatic carbocycles. The first kappa shape index (κ1) is 14.5. The second-order valence-corrected chi connectivity index (χ2v) is 5.20. The van der Waals surface area contributed by atoms with Crippen molar-refractivity contribution in [1.82, 2.24) is 14.8 Å². The van der Waals surface area contributed by atoms with Gasteiger partial charge in [-0.25, -0.2) is 0 Å². The number of hydrogen-bond acceptors (Lipinski definition) is 4. The van der Waals surface area contributed by atoms with E-state index in [0.29, 0.717) is 4.99 Å². The normalized spacial score (nSPS) is 10.6. The number of aromatic nitrogens is 3. The van der Waals surface area contributed by atoms with Gasteiger partial charge in [-0.05, 0) is 19.1 Å². The van der Waals surface area contributed by atoms with Gasteiger partial charge in [-0.15, -0.1) is 0 Å². The second-order valence-electron chi connectivity index (χ2n) is 4.76. The summed E-state index contributed by atoms with van der Waals surface area (Å²) in [5.41, 5.74) is 8.59. The van der Waals surface area contributed by atoms with E-state index in [-0.39, 0.29) is 0 Å². The molecule has 6 heteroatoms. The van der Waals surface area contributed by atoms with Crippen molar-refractivity contribution in [3.8, 4) is 0 Å². The van der Waals surface area contributed by atoms with E-state index < -0.39 is 0 Å². The number of likely N-dealkylation sites (N-methyl/N-ethyl adjacent to an activating group) is 1. The zero-order valence-corrected chi connectivity index (χ0v) is 12.8. The van der Waals surface area contributed by atoms with Crippen molar-refractivity contribution in [3.63, 3.8) is 0 Å². The molecule has 2 aromatic heterocycles. The lowest BCUT2D eigenvalue weighted by Gasteiger charge is -2.20. The Morgan fingerprint density at radius 1 is 1.45 bits per heavy atom. The molecule has 0 radical (unpaired) electrons. The highest BCUT2D eigenvalue weighted by Gasteiger charge is 2.18. The van der Waals surface area contributed by atoms with Gasteiger partial charge < -0.3 is 10.6 Å². The molecular formula is C14H19N5S. The van der Waals surface area contributed by atoms with Gasteiger partial charge in [0.2, 0.25) is 0 Å². The Balaban J connectivity index is 2.17. The van der Waals surface area contributed by atoms with Gasteiger partial charge in [-0.3, -0.25) is 9.67 Å². The molecule has 0 saturated carbocycles. The first-order valence-electron chi connectivity index (χ1n) is 6.45. The van der Waals surface area contributed by atoms with Crippen LogP contribution in [-0.2, 0) is 13.5 Å². The fourth-order valence-corrected chi connectivity index (χ4v) is 2.55. The van der Waals surface area contributed by atoms with Crippen LogP contribution in [0.25, 0.3) is 0 Å². The smallest absolute Gasteiger partial charge is 0.136 e. The lowest BCUT2D eigenvalue weighted by Crippen LogP contribution is -2.26. The molecule has 2 heterocycles. The van der Waals surface area contributed by atoms with Crippen LogP contribution < -0.4 is 10.6 Å². The molecule has 0 saturated heterocycles. The third-order valence-corrected chi connectivity index (χ3v) is 3.43. The van der Waals surface area contributed by atoms with E-state index in [9.17, 15) is 0 Å². The summed E-state index contributed by atoms with van der Waals surface area (Å²) in [7, 11) is 3.92. The summed E-state index contributed by atoms with van der Waals surface area (Å²) in [6, 6.07) is 5.94. The molecule has 0 atom stereocenters. The molecule has 0 fully saturated rings. The zero-order chi connectivity index (χ0) is 14.7. The molecule has 0 amide bonds. The maximum atomic E-state index is 5.81. The van der Waals surface area contributed by atoms with Gasteiger partial charge in [0.05, 0.1) is 11.3 Å². The van der Waals surface area contributed by atoms with Gasteiger partial charge in [0.25, 0.3) is 0 Å². The first-order valence-corrected chi connectivity index (χ1v) is 6.86. The quantitative estimate of drug-likeness (QED) is 0.844. The lowest BCUT2D eigenvalue weighted by molar-refractivity contribution is 0.721. The van der Waals surface area contributed by atoms with Crippen LogP contribution in [0.3, 0.4) is 0 Å². The van der Waals surface area contributed by atoms with Crippen LogP contribution in [-0.4, -0.2) is 33.3 Å². The molecule has 0 aliphatic rings. The van der Waals surface area contributed by atoms with E-state index in [1.54, 1.807) is 0 Å². The monoisotopic (exact) mass is 289 g/mol. The van der Waals surface area contributed by atoms with Crippen molar-refractivity contribution in [1.29, 1.82) is 0 Å². The predicted molar refractivity (Wildman–Crippen MR) is 85.0 cm³/mol. The molecule has 2 N–H and O–H groups in total. The van der Waals surface area contributed by atoms with Gasteiger partial charge in [0.1, 0.15) is 10.8 Å². The molecule has 0 aliphatic heterocycles. The van der Waals surface area contributed by atoms with Crippen molar-refractivity contribution in [2.75, 3.05) is 18.5 Å². The fourth-order valence-electron chi connectivity index (χ4n) is 2.31. The van der Waals surface area contributed by atoms with Crippen molar-refractivity contribution in [2.45, 2.75) is 13.3 Å². The van der Waals surface area contributed by atoms with E-state index in [2.05, 4.69) is 15.0 Å². The molecule has 2 rings (SSSR count). The molecule has 20 heavy (non-hydrogen) atoms. The lowest BCUT2D eigenvalue weighted by atomic mass is 10.2. The Kier molecular flexibility index (Phi) is 4.34. The van der Waals surface area contributed by atoms with Gasteiger partial charge >= 0.3 is 0 Å². The number of anilines is 1. The first-order chi connectivity index (χ1) is 9.50. The van der Waals surface area contributed by atoms with Crippen molar-refractivity contribution < 1.29 is 0 Å². The van der Waals surface area contributed by atoms with Crippen molar-refractivity contribution in [3.05, 3.63) is 41.3 Å². The summed E-state index contributed by atoms with van der Waals surface area (Å²) < 4.78 is 1.82. The summed E-state index contributed by atoms with van der Waals surface area (Å²) in [5.74, 6) is 0.950. The minimum absolute atomic E-state index is 0.385. The van der Waals surface area contributed by atoms with Crippen LogP contribution >= 0.6 is 12.2 Å². The largest absolute Gasteiger partial charge is 0.389 e. The Hall–Kier alpha value is -1.95. The van der Waals surface area contributed by atoms with E-state index in [0.717, 1.165) is 35.7 Å². The molecule has 2 aromatic rings. The summed E-state index contributed by atoms with van der Waals surface area (Å²) in [4.78, 5) is 6.83. The second kappa shape index (κ2) is 6.00. The molecule has 106 valence electrons. The Morgan fingerprint density at radius 3 is 2.80 bits per heavy atom. The molecule has 0 spiro atoms. The number of pyridine rings is 1. The molecule has 5 nitrogen and oxygen atoms in total. The summed E-state index contributed by atoms with van der Waals surface area (Å²) in [6.45, 7) is 2.75. The standard InChI is InChI=1S/C14H19N5S/c1-10-12(13(15)20)14(19(3)17-10)18(2)9-7-11-6-4-5-8-16-11/h4-6,8H,7,9H2,1-3H3,(H2,15,20). The predicted octanol–water partition coefficient (Wildman–Crippen LogP) is 1.44. The SMILES string of the molecule is Cc1nn(C)c(N(C)CCc2ccccn2)c1C(N)=S. The number of nitrogens with zero attached hydrogens (tertiary/aromatic N) is 4. The van der Waals surface area contributed by atoms with E-state index in [1.807, 2.05) is 50.1 Å². The maximum Gasteiger partial charge on any atom is 0.136 e. The van der Waals surface area contributed by atoms with Gasteiger partial charge in [0.15, 0.2) is 0 Å². The van der Waals surface area contributed by atoms with Gasteiger partial charge in [-0.2, -0.15) is 5.10 Å². The Labute approximate surface area is 124 Å². The van der Waals surface area contributed by atoms with Crippen LogP contribution in [0, 0.1) is 6.92 Å². The van der Waals surface area contributed by atoms with Gasteiger partial charge in [-0.1, -0.05) is 18.3 Å². The highest BCUT2D eigenvalue weighted by molar-refractivity contribution is 7.80. The van der Waals surface area contributed by atoms with E-state index in [1.165, 1.54) is 0 Å². The van der Waals surface area contributed by atoms with Crippen molar-refractivity contribution >= 4 is 23.0 Å². The van der Waals surface area contributed by atoms with Crippen LogP contribution in [0.1, 0.15) is 17.0 Å². The number of hydrogen-bond donors (Lipinski definition) is 1. The summed E-state index contributed by atoms with van der Waals surface area (Å²) in [6.07, 6.45) is 2.67. The van der Waals surface area contributed by atoms with E-state index in [4.69, 9.17) is 18.0 Å². The van der Waals surface area contributed by atoms with Crippen LogP contribution in [0.2, 0.25) is 0 Å². The van der Waals surface area contributed by atoms with Crippen LogP contribution in [0.4, 0.5) is 5.82 Å². The molecular weight excluding hydrogens is 270 g/mol. The third kappa shape index (κ3) is 2.96. The van der Waals surface area contributed by atoms with E-state index >= 15 is 0 Å². The molecule has 0 unspecified atom stereocenters. The fraction of sp³-hybridized carbons (Fsp3) is 0.357. The molecule has 0 bridgehead atoms. The number of nitrogens with two attached hydrogens (primary N) is 1. The highest BCUT2D eigenvalue weighted by Crippen LogP contribution is 2.22. The van der Waals surface area contributed by atoms with Crippen molar-refractivity contribution in [2.24, 2.45) is 12.8 Å². The summed E-state index contributed by atoms with van der Waals surface area (Å²) >= 11 is 5.13. The number of aryl methyl sites for hydroxylation is 2. The minimum Gasteiger partial charge on any atom is -0.389 e. The highest BCUT2D eigenvalue weighted by atomic mass is 32.1. The molecule has 0 aromatic carbocycles. The maximum absolute atomic E-state index is 5.81. The summed E-state index contributed by atoms with van der Waals surface area (Å²) in [5, 5.41) is 4.40. The Morgan fingerprint density at radius 2 is 2.20 bits per heavy atom. The Bertz CT molecular complexity index is 606.